The molecule has 3 rings (SSSR count). The molecule has 112 valence electrons. The van der Waals surface area contributed by atoms with Crippen LogP contribution in [0.25, 0.3) is 11.4 Å². The molecule has 0 spiro atoms. The average Bonchev–Trinajstić information content (AvgIpc) is 3.00. The maximum absolute atomic E-state index is 13.2. The maximum Gasteiger partial charge on any atom is 0.245 e. The molecule has 3 N–H and O–H groups in total. The molecule has 1 aromatic carbocycles. The van der Waals surface area contributed by atoms with E-state index >= 15 is 0 Å². The molecule has 0 bridgehead atoms. The molecule has 7 heteroatoms. The first kappa shape index (κ1) is 14.3. The summed E-state index contributed by atoms with van der Waals surface area (Å²) in [6.45, 7) is 2.48. The summed E-state index contributed by atoms with van der Waals surface area (Å²) in [4.78, 5) is 6.61. The predicted molar refractivity (Wildman–Crippen MR) is 80.8 cm³/mol. The zero-order valence-corrected chi connectivity index (χ0v) is 12.3. The fraction of sp³-hybridized carbons (Fsp3) is 0.429. The number of H-pyrrole nitrogens is 1. The minimum absolute atomic E-state index is 0.0756. The summed E-state index contributed by atoms with van der Waals surface area (Å²) in [5.41, 5.74) is 6.46. The first-order valence-electron chi connectivity index (χ1n) is 7.00. The van der Waals surface area contributed by atoms with Gasteiger partial charge in [-0.25, -0.2) is 4.39 Å². The molecule has 0 aliphatic carbocycles. The van der Waals surface area contributed by atoms with E-state index < -0.39 is 5.82 Å². The van der Waals surface area contributed by atoms with Crippen molar-refractivity contribution in [2.45, 2.75) is 12.8 Å². The van der Waals surface area contributed by atoms with Crippen LogP contribution in [0.4, 0.5) is 10.3 Å². The fourth-order valence-electron chi connectivity index (χ4n) is 2.61. The molecule has 21 heavy (non-hydrogen) atoms. The van der Waals surface area contributed by atoms with Gasteiger partial charge in [-0.2, -0.15) is 4.98 Å². The van der Waals surface area contributed by atoms with Gasteiger partial charge in [0, 0.05) is 18.7 Å². The summed E-state index contributed by atoms with van der Waals surface area (Å²) in [5.74, 6) is 1.29. The highest BCUT2D eigenvalue weighted by Gasteiger charge is 2.22. The summed E-state index contributed by atoms with van der Waals surface area (Å²) in [6.07, 6.45) is 2.24. The summed E-state index contributed by atoms with van der Waals surface area (Å²) in [6, 6.07) is 4.50. The van der Waals surface area contributed by atoms with Crippen molar-refractivity contribution < 1.29 is 4.39 Å². The molecule has 2 aromatic rings. The van der Waals surface area contributed by atoms with Crippen molar-refractivity contribution >= 4 is 17.5 Å². The van der Waals surface area contributed by atoms with Gasteiger partial charge in [-0.15, -0.1) is 5.10 Å². The smallest absolute Gasteiger partial charge is 0.245 e. The second kappa shape index (κ2) is 5.99. The van der Waals surface area contributed by atoms with Crippen molar-refractivity contribution in [3.8, 4) is 11.4 Å². The molecular formula is C14H17ClFN5. The van der Waals surface area contributed by atoms with E-state index in [1.807, 2.05) is 0 Å². The molecule has 2 heterocycles. The van der Waals surface area contributed by atoms with Crippen LogP contribution >= 0.6 is 11.6 Å². The van der Waals surface area contributed by atoms with Crippen molar-refractivity contribution in [2.75, 3.05) is 24.5 Å². The topological polar surface area (TPSA) is 70.8 Å². The zero-order valence-electron chi connectivity index (χ0n) is 11.5. The van der Waals surface area contributed by atoms with Crippen LogP contribution < -0.4 is 10.6 Å². The second-order valence-corrected chi connectivity index (χ2v) is 5.71. The van der Waals surface area contributed by atoms with E-state index in [1.165, 1.54) is 6.07 Å². The Morgan fingerprint density at radius 1 is 1.48 bits per heavy atom. The van der Waals surface area contributed by atoms with Crippen LogP contribution in [0.2, 0.25) is 5.02 Å². The highest BCUT2D eigenvalue weighted by atomic mass is 35.5. The third kappa shape index (κ3) is 3.01. The van der Waals surface area contributed by atoms with Crippen LogP contribution in [0.15, 0.2) is 18.2 Å². The summed E-state index contributed by atoms with van der Waals surface area (Å²) < 4.78 is 13.2. The number of hydrogen-bond donors (Lipinski definition) is 2. The van der Waals surface area contributed by atoms with Crippen LogP contribution in [0.5, 0.6) is 0 Å². The molecule has 1 saturated heterocycles. The number of piperidine rings is 1. The number of benzene rings is 1. The van der Waals surface area contributed by atoms with Gasteiger partial charge in [0.25, 0.3) is 0 Å². The highest BCUT2D eigenvalue weighted by Crippen LogP contribution is 2.25. The largest absolute Gasteiger partial charge is 0.339 e. The first-order chi connectivity index (χ1) is 10.2. The Labute approximate surface area is 127 Å². The van der Waals surface area contributed by atoms with Gasteiger partial charge in [-0.3, -0.25) is 5.10 Å². The molecule has 1 aromatic heterocycles. The highest BCUT2D eigenvalue weighted by molar-refractivity contribution is 6.31. The normalized spacial score (nSPS) is 19.0. The molecule has 0 radical (unpaired) electrons. The molecule has 1 unspecified atom stereocenters. The van der Waals surface area contributed by atoms with Crippen LogP contribution in [0.1, 0.15) is 12.8 Å². The van der Waals surface area contributed by atoms with Gasteiger partial charge >= 0.3 is 0 Å². The number of nitrogens with zero attached hydrogens (tertiary/aromatic N) is 3. The zero-order chi connectivity index (χ0) is 14.8. The van der Waals surface area contributed by atoms with E-state index in [0.29, 0.717) is 29.8 Å². The van der Waals surface area contributed by atoms with E-state index in [-0.39, 0.29) is 5.02 Å². The van der Waals surface area contributed by atoms with E-state index in [9.17, 15) is 4.39 Å². The molecule has 1 aliphatic heterocycles. The average molecular weight is 310 g/mol. The Morgan fingerprint density at radius 3 is 3.10 bits per heavy atom. The third-order valence-corrected chi connectivity index (χ3v) is 4.09. The molecular weight excluding hydrogens is 293 g/mol. The first-order valence-corrected chi connectivity index (χ1v) is 7.38. The summed E-state index contributed by atoms with van der Waals surface area (Å²) >= 11 is 5.80. The Morgan fingerprint density at radius 2 is 2.33 bits per heavy atom. The van der Waals surface area contributed by atoms with Crippen molar-refractivity contribution in [1.29, 1.82) is 0 Å². The van der Waals surface area contributed by atoms with Gasteiger partial charge in [0.15, 0.2) is 5.82 Å². The van der Waals surface area contributed by atoms with Gasteiger partial charge < -0.3 is 10.6 Å². The lowest BCUT2D eigenvalue weighted by Crippen LogP contribution is -2.38. The van der Waals surface area contributed by atoms with E-state index in [4.69, 9.17) is 17.3 Å². The Kier molecular flexibility index (Phi) is 4.07. The Bertz CT molecular complexity index is 630. The van der Waals surface area contributed by atoms with Crippen molar-refractivity contribution in [3.63, 3.8) is 0 Å². The number of aromatic amines is 1. The van der Waals surface area contributed by atoms with Crippen LogP contribution in [0.3, 0.4) is 0 Å². The van der Waals surface area contributed by atoms with Crippen molar-refractivity contribution in [3.05, 3.63) is 29.0 Å². The number of hydrogen-bond acceptors (Lipinski definition) is 4. The van der Waals surface area contributed by atoms with Crippen molar-refractivity contribution in [1.82, 2.24) is 15.2 Å². The lowest BCUT2D eigenvalue weighted by molar-refractivity contribution is 0.420. The van der Waals surface area contributed by atoms with E-state index in [2.05, 4.69) is 20.1 Å². The Hall–Kier alpha value is -1.66. The molecule has 1 aliphatic rings. The number of anilines is 1. The maximum atomic E-state index is 13.2. The summed E-state index contributed by atoms with van der Waals surface area (Å²) in [5, 5.41) is 7.21. The standard InChI is InChI=1S/C14H17ClFN5/c15-11-6-10(3-4-12(11)16)13-18-14(20-19-13)21-5-1-2-9(7-17)8-21/h3-4,6,9H,1-2,5,7-8,17H2,(H,18,19,20). The van der Waals surface area contributed by atoms with E-state index in [0.717, 1.165) is 25.9 Å². The van der Waals surface area contributed by atoms with Gasteiger partial charge in [-0.05, 0) is 43.5 Å². The third-order valence-electron chi connectivity index (χ3n) is 3.80. The van der Waals surface area contributed by atoms with Gasteiger partial charge in [0.1, 0.15) is 5.82 Å². The van der Waals surface area contributed by atoms with Gasteiger partial charge in [0.05, 0.1) is 5.02 Å². The SMILES string of the molecule is NCC1CCCN(c2n[nH]c(-c3ccc(F)c(Cl)c3)n2)C1. The quantitative estimate of drug-likeness (QED) is 0.913. The number of nitrogens with one attached hydrogen (secondary N) is 1. The van der Waals surface area contributed by atoms with Crippen LogP contribution in [-0.4, -0.2) is 34.8 Å². The number of rotatable bonds is 3. The minimum atomic E-state index is -0.443. The fourth-order valence-corrected chi connectivity index (χ4v) is 2.79. The van der Waals surface area contributed by atoms with E-state index in [1.54, 1.807) is 12.1 Å². The lowest BCUT2D eigenvalue weighted by Gasteiger charge is -2.31. The molecule has 0 saturated carbocycles. The molecule has 1 fully saturated rings. The molecule has 0 amide bonds. The van der Waals surface area contributed by atoms with Gasteiger partial charge in [0.2, 0.25) is 5.95 Å². The summed E-state index contributed by atoms with van der Waals surface area (Å²) in [7, 11) is 0. The second-order valence-electron chi connectivity index (χ2n) is 5.30. The molecule has 1 atom stereocenters. The predicted octanol–water partition coefficient (Wildman–Crippen LogP) is 2.44. The minimum Gasteiger partial charge on any atom is -0.339 e. The van der Waals surface area contributed by atoms with Crippen LogP contribution in [0, 0.1) is 11.7 Å². The number of aromatic nitrogens is 3. The number of nitrogens with two attached hydrogens (primary N) is 1. The van der Waals surface area contributed by atoms with Crippen molar-refractivity contribution in [2.24, 2.45) is 11.7 Å². The number of halogens is 2. The lowest BCUT2D eigenvalue weighted by atomic mass is 9.99. The monoisotopic (exact) mass is 309 g/mol. The molecule has 5 nitrogen and oxygen atoms in total. The van der Waals surface area contributed by atoms with Gasteiger partial charge in [-0.1, -0.05) is 11.6 Å². The Balaban J connectivity index is 1.81. The van der Waals surface area contributed by atoms with Crippen LogP contribution in [-0.2, 0) is 0 Å².